The molecule has 0 aromatic heterocycles. The summed E-state index contributed by atoms with van der Waals surface area (Å²) in [5.41, 5.74) is 0. The van der Waals surface area contributed by atoms with Crippen LogP contribution in [0.15, 0.2) is 0 Å². The number of carbonyl (C=O) groups is 1. The summed E-state index contributed by atoms with van der Waals surface area (Å²) in [5, 5.41) is 11.5. The van der Waals surface area contributed by atoms with Gasteiger partial charge in [0.1, 0.15) is 6.04 Å². The second-order valence-electron chi connectivity index (χ2n) is 3.28. The molecular formula is C8H18N2O2. The smallest absolute Gasteiger partial charge is 0.320 e. The van der Waals surface area contributed by atoms with Crippen LogP contribution in [0.4, 0.5) is 0 Å². The second-order valence-corrected chi connectivity index (χ2v) is 3.28. The molecule has 0 aliphatic carbocycles. The first-order valence-electron chi connectivity index (χ1n) is 4.07. The summed E-state index contributed by atoms with van der Waals surface area (Å²) in [6, 6.07) is -0.112. The van der Waals surface area contributed by atoms with E-state index in [1.54, 1.807) is 6.92 Å². The summed E-state index contributed by atoms with van der Waals surface area (Å²) in [7, 11) is 3.94. The normalized spacial score (nSPS) is 16.1. The lowest BCUT2D eigenvalue weighted by Crippen LogP contribution is -2.42. The third kappa shape index (κ3) is 4.31. The van der Waals surface area contributed by atoms with E-state index in [-0.39, 0.29) is 0 Å². The van der Waals surface area contributed by atoms with Crippen molar-refractivity contribution in [2.75, 3.05) is 20.6 Å². The zero-order chi connectivity index (χ0) is 9.72. The van der Waals surface area contributed by atoms with Gasteiger partial charge >= 0.3 is 5.97 Å². The van der Waals surface area contributed by atoms with Gasteiger partial charge in [0, 0.05) is 12.6 Å². The van der Waals surface area contributed by atoms with Crippen molar-refractivity contribution in [3.8, 4) is 0 Å². The van der Waals surface area contributed by atoms with Gasteiger partial charge in [-0.1, -0.05) is 0 Å². The fraction of sp³-hybridized carbons (Fsp3) is 0.875. The van der Waals surface area contributed by atoms with Crippen molar-refractivity contribution in [1.82, 2.24) is 10.2 Å². The average Bonchev–Trinajstić information content (AvgIpc) is 1.98. The SMILES string of the molecule is CC(NCC(C)N(C)C)C(=O)O. The first kappa shape index (κ1) is 11.4. The van der Waals surface area contributed by atoms with Crippen molar-refractivity contribution in [1.29, 1.82) is 0 Å². The maximum atomic E-state index is 10.4. The maximum absolute atomic E-state index is 10.4. The Morgan fingerprint density at radius 3 is 2.33 bits per heavy atom. The van der Waals surface area contributed by atoms with E-state index in [1.165, 1.54) is 0 Å². The van der Waals surface area contributed by atoms with Crippen LogP contribution < -0.4 is 5.32 Å². The van der Waals surface area contributed by atoms with Crippen molar-refractivity contribution in [2.45, 2.75) is 25.9 Å². The van der Waals surface area contributed by atoms with E-state index in [0.717, 1.165) is 0 Å². The summed E-state index contributed by atoms with van der Waals surface area (Å²) in [5.74, 6) is -0.805. The average molecular weight is 174 g/mol. The van der Waals surface area contributed by atoms with E-state index in [4.69, 9.17) is 5.11 Å². The number of nitrogens with one attached hydrogen (secondary N) is 1. The van der Waals surface area contributed by atoms with Gasteiger partial charge in [0.2, 0.25) is 0 Å². The van der Waals surface area contributed by atoms with E-state index in [0.29, 0.717) is 12.6 Å². The fourth-order valence-electron chi connectivity index (χ4n) is 0.617. The van der Waals surface area contributed by atoms with Crippen LogP contribution in [0.1, 0.15) is 13.8 Å². The van der Waals surface area contributed by atoms with Crippen LogP contribution in [-0.4, -0.2) is 48.7 Å². The van der Waals surface area contributed by atoms with E-state index in [1.807, 2.05) is 25.9 Å². The molecule has 72 valence electrons. The molecule has 0 aliphatic heterocycles. The molecule has 0 fully saturated rings. The van der Waals surface area contributed by atoms with Crippen LogP contribution in [0, 0.1) is 0 Å². The van der Waals surface area contributed by atoms with Crippen LogP contribution in [0.3, 0.4) is 0 Å². The molecule has 0 radical (unpaired) electrons. The molecule has 4 heteroatoms. The summed E-state index contributed by atoms with van der Waals surface area (Å²) >= 11 is 0. The summed E-state index contributed by atoms with van der Waals surface area (Å²) in [6.07, 6.45) is 0. The Bertz CT molecular complexity index is 148. The summed E-state index contributed by atoms with van der Waals surface area (Å²) in [4.78, 5) is 12.4. The Kier molecular flexibility index (Phi) is 4.85. The first-order valence-corrected chi connectivity index (χ1v) is 4.07. The molecule has 0 amide bonds. The van der Waals surface area contributed by atoms with E-state index in [9.17, 15) is 4.79 Å². The van der Waals surface area contributed by atoms with Crippen molar-refractivity contribution < 1.29 is 9.90 Å². The molecule has 0 aromatic rings. The quantitative estimate of drug-likeness (QED) is 0.616. The minimum absolute atomic E-state index is 0.354. The van der Waals surface area contributed by atoms with Crippen LogP contribution in [0.2, 0.25) is 0 Å². The van der Waals surface area contributed by atoms with Crippen molar-refractivity contribution in [2.24, 2.45) is 0 Å². The molecule has 0 rings (SSSR count). The topological polar surface area (TPSA) is 52.6 Å². The van der Waals surface area contributed by atoms with Crippen molar-refractivity contribution >= 4 is 5.97 Å². The lowest BCUT2D eigenvalue weighted by Gasteiger charge is -2.21. The summed E-state index contributed by atoms with van der Waals surface area (Å²) in [6.45, 7) is 4.38. The van der Waals surface area contributed by atoms with Gasteiger partial charge in [-0.3, -0.25) is 4.79 Å². The molecule has 2 unspecified atom stereocenters. The maximum Gasteiger partial charge on any atom is 0.320 e. The third-order valence-corrected chi connectivity index (χ3v) is 1.97. The number of likely N-dealkylation sites (N-methyl/N-ethyl adjacent to an activating group) is 1. The number of aliphatic carboxylic acids is 1. The number of carboxylic acids is 1. The number of nitrogens with zero attached hydrogens (tertiary/aromatic N) is 1. The van der Waals surface area contributed by atoms with Crippen molar-refractivity contribution in [3.63, 3.8) is 0 Å². The molecule has 2 atom stereocenters. The van der Waals surface area contributed by atoms with Crippen LogP contribution in [0.25, 0.3) is 0 Å². The van der Waals surface area contributed by atoms with Crippen LogP contribution in [0.5, 0.6) is 0 Å². The Morgan fingerprint density at radius 1 is 1.50 bits per heavy atom. The highest BCUT2D eigenvalue weighted by Crippen LogP contribution is 1.90. The van der Waals surface area contributed by atoms with E-state index < -0.39 is 12.0 Å². The number of carboxylic acid groups (broad SMARTS) is 1. The van der Waals surface area contributed by atoms with Crippen LogP contribution >= 0.6 is 0 Å². The molecule has 12 heavy (non-hydrogen) atoms. The highest BCUT2D eigenvalue weighted by Gasteiger charge is 2.11. The Morgan fingerprint density at radius 2 is 2.00 bits per heavy atom. The highest BCUT2D eigenvalue weighted by molar-refractivity contribution is 5.72. The Hall–Kier alpha value is -0.610. The van der Waals surface area contributed by atoms with Gasteiger partial charge in [-0.2, -0.15) is 0 Å². The van der Waals surface area contributed by atoms with Gasteiger partial charge in [0.25, 0.3) is 0 Å². The Labute approximate surface area is 73.6 Å². The number of hydrogen-bond donors (Lipinski definition) is 2. The molecular weight excluding hydrogens is 156 g/mol. The zero-order valence-electron chi connectivity index (χ0n) is 8.16. The molecule has 0 saturated carbocycles. The standard InChI is InChI=1S/C8H18N2O2/c1-6(10(3)4)5-9-7(2)8(11)12/h6-7,9H,5H2,1-4H3,(H,11,12). The van der Waals surface area contributed by atoms with Gasteiger partial charge in [-0.25, -0.2) is 0 Å². The lowest BCUT2D eigenvalue weighted by molar-refractivity contribution is -0.139. The monoisotopic (exact) mass is 174 g/mol. The van der Waals surface area contributed by atoms with Crippen molar-refractivity contribution in [3.05, 3.63) is 0 Å². The molecule has 0 saturated heterocycles. The Balaban J connectivity index is 3.61. The van der Waals surface area contributed by atoms with Gasteiger partial charge in [0.15, 0.2) is 0 Å². The minimum atomic E-state index is -0.805. The fourth-order valence-corrected chi connectivity index (χ4v) is 0.617. The highest BCUT2D eigenvalue weighted by atomic mass is 16.4. The van der Waals surface area contributed by atoms with E-state index in [2.05, 4.69) is 5.32 Å². The minimum Gasteiger partial charge on any atom is -0.480 e. The second kappa shape index (κ2) is 5.11. The zero-order valence-corrected chi connectivity index (χ0v) is 8.16. The molecule has 0 spiro atoms. The lowest BCUT2D eigenvalue weighted by atomic mass is 10.2. The third-order valence-electron chi connectivity index (χ3n) is 1.97. The first-order chi connectivity index (χ1) is 5.45. The van der Waals surface area contributed by atoms with Gasteiger partial charge in [0.05, 0.1) is 0 Å². The predicted octanol–water partition coefficient (Wildman–Crippen LogP) is -0.000800. The van der Waals surface area contributed by atoms with Crippen LogP contribution in [-0.2, 0) is 4.79 Å². The summed E-state index contributed by atoms with van der Waals surface area (Å²) < 4.78 is 0. The number of hydrogen-bond acceptors (Lipinski definition) is 3. The molecule has 0 bridgehead atoms. The van der Waals surface area contributed by atoms with E-state index >= 15 is 0 Å². The van der Waals surface area contributed by atoms with Gasteiger partial charge in [-0.05, 0) is 27.9 Å². The van der Waals surface area contributed by atoms with Gasteiger partial charge < -0.3 is 15.3 Å². The van der Waals surface area contributed by atoms with Gasteiger partial charge in [-0.15, -0.1) is 0 Å². The predicted molar refractivity (Wildman–Crippen MR) is 48.2 cm³/mol. The molecule has 4 nitrogen and oxygen atoms in total. The molecule has 0 aliphatic rings. The molecule has 0 heterocycles. The molecule has 0 aromatic carbocycles. The largest absolute Gasteiger partial charge is 0.480 e. The molecule has 2 N–H and O–H groups in total. The number of rotatable bonds is 5.